The molecule has 3 heterocycles. The summed E-state index contributed by atoms with van der Waals surface area (Å²) in [4.78, 5) is 33.5. The van der Waals surface area contributed by atoms with E-state index in [4.69, 9.17) is 4.74 Å². The van der Waals surface area contributed by atoms with Gasteiger partial charge >= 0.3 is 0 Å². The van der Waals surface area contributed by atoms with E-state index in [2.05, 4.69) is 4.98 Å². The van der Waals surface area contributed by atoms with Crippen molar-refractivity contribution in [2.24, 2.45) is 11.3 Å². The van der Waals surface area contributed by atoms with E-state index in [-0.39, 0.29) is 23.1 Å². The molecule has 0 bridgehead atoms. The SMILES string of the molecule is CCOCC1C(=O)N(CC)CC12CCN(C(=O)c1ccc(C)cn1)CC2. The Kier molecular flexibility index (Phi) is 5.61. The van der Waals surface area contributed by atoms with Crippen molar-refractivity contribution in [3.05, 3.63) is 29.6 Å². The second-order valence-electron chi connectivity index (χ2n) is 7.44. The van der Waals surface area contributed by atoms with Crippen LogP contribution in [-0.4, -0.2) is 66.0 Å². The van der Waals surface area contributed by atoms with Gasteiger partial charge in [0.25, 0.3) is 5.91 Å². The molecule has 2 fully saturated rings. The fourth-order valence-corrected chi connectivity index (χ4v) is 4.22. The van der Waals surface area contributed by atoms with E-state index in [1.54, 1.807) is 12.3 Å². The first kappa shape index (κ1) is 18.8. The first-order chi connectivity index (χ1) is 12.5. The highest BCUT2D eigenvalue weighted by Gasteiger charge is 2.53. The summed E-state index contributed by atoms with van der Waals surface area (Å²) in [5.41, 5.74) is 1.47. The molecule has 2 aliphatic heterocycles. The Hall–Kier alpha value is -1.95. The first-order valence-electron chi connectivity index (χ1n) is 9.59. The number of likely N-dealkylation sites (tertiary alicyclic amines) is 2. The lowest BCUT2D eigenvalue weighted by atomic mass is 9.71. The highest BCUT2D eigenvalue weighted by molar-refractivity contribution is 5.92. The van der Waals surface area contributed by atoms with Gasteiger partial charge in [-0.15, -0.1) is 0 Å². The van der Waals surface area contributed by atoms with Crippen molar-refractivity contribution < 1.29 is 14.3 Å². The van der Waals surface area contributed by atoms with Gasteiger partial charge in [-0.25, -0.2) is 0 Å². The van der Waals surface area contributed by atoms with Crippen molar-refractivity contribution >= 4 is 11.8 Å². The maximum Gasteiger partial charge on any atom is 0.272 e. The lowest BCUT2D eigenvalue weighted by molar-refractivity contribution is -0.133. The van der Waals surface area contributed by atoms with Gasteiger partial charge in [0.2, 0.25) is 5.91 Å². The van der Waals surface area contributed by atoms with Crippen molar-refractivity contribution in [3.63, 3.8) is 0 Å². The molecule has 0 aliphatic carbocycles. The Labute approximate surface area is 155 Å². The topological polar surface area (TPSA) is 62.7 Å². The lowest BCUT2D eigenvalue weighted by Gasteiger charge is -2.41. The van der Waals surface area contributed by atoms with Crippen LogP contribution >= 0.6 is 0 Å². The number of ether oxygens (including phenoxy) is 1. The van der Waals surface area contributed by atoms with Crippen LogP contribution in [0.1, 0.15) is 42.7 Å². The summed E-state index contributed by atoms with van der Waals surface area (Å²) in [6.07, 6.45) is 3.40. The second kappa shape index (κ2) is 7.74. The molecule has 2 amide bonds. The Bertz CT molecular complexity index is 651. The molecule has 0 saturated carbocycles. The number of nitrogens with zero attached hydrogens (tertiary/aromatic N) is 3. The van der Waals surface area contributed by atoms with Crippen LogP contribution in [0.5, 0.6) is 0 Å². The van der Waals surface area contributed by atoms with Crippen molar-refractivity contribution in [3.8, 4) is 0 Å². The third kappa shape index (κ3) is 3.47. The molecule has 2 saturated heterocycles. The van der Waals surface area contributed by atoms with Crippen LogP contribution < -0.4 is 0 Å². The van der Waals surface area contributed by atoms with Gasteiger partial charge in [0.1, 0.15) is 5.69 Å². The van der Waals surface area contributed by atoms with Crippen molar-refractivity contribution in [1.29, 1.82) is 0 Å². The monoisotopic (exact) mass is 359 g/mol. The number of aryl methyl sites for hydroxylation is 1. The van der Waals surface area contributed by atoms with Crippen LogP contribution in [0.25, 0.3) is 0 Å². The quantitative estimate of drug-likeness (QED) is 0.808. The van der Waals surface area contributed by atoms with E-state index in [9.17, 15) is 9.59 Å². The maximum absolute atomic E-state index is 12.7. The average molecular weight is 359 g/mol. The number of hydrogen-bond acceptors (Lipinski definition) is 4. The lowest BCUT2D eigenvalue weighted by Crippen LogP contribution is -2.47. The van der Waals surface area contributed by atoms with Crippen LogP contribution in [0.4, 0.5) is 0 Å². The molecule has 1 atom stereocenters. The van der Waals surface area contributed by atoms with Gasteiger partial charge in [0.15, 0.2) is 0 Å². The third-order valence-corrected chi connectivity index (χ3v) is 5.90. The Balaban J connectivity index is 1.70. The molecule has 0 N–H and O–H groups in total. The Morgan fingerprint density at radius 3 is 2.62 bits per heavy atom. The summed E-state index contributed by atoms with van der Waals surface area (Å²) in [6, 6.07) is 3.70. The third-order valence-electron chi connectivity index (χ3n) is 5.90. The van der Waals surface area contributed by atoms with Crippen LogP contribution in [0.3, 0.4) is 0 Å². The molecule has 6 heteroatoms. The molecule has 1 spiro atoms. The van der Waals surface area contributed by atoms with Crippen molar-refractivity contribution in [1.82, 2.24) is 14.8 Å². The van der Waals surface area contributed by atoms with Crippen LogP contribution in [-0.2, 0) is 9.53 Å². The van der Waals surface area contributed by atoms with Gasteiger partial charge < -0.3 is 14.5 Å². The normalized spacial score (nSPS) is 22.3. The van der Waals surface area contributed by atoms with Crippen LogP contribution in [0.15, 0.2) is 18.3 Å². The van der Waals surface area contributed by atoms with Crippen molar-refractivity contribution in [2.75, 3.05) is 39.4 Å². The number of amides is 2. The smallest absolute Gasteiger partial charge is 0.272 e. The van der Waals surface area contributed by atoms with Crippen LogP contribution in [0.2, 0.25) is 0 Å². The average Bonchev–Trinajstić information content (AvgIpc) is 2.92. The zero-order valence-electron chi connectivity index (χ0n) is 16.0. The van der Waals surface area contributed by atoms with Gasteiger partial charge in [0.05, 0.1) is 12.5 Å². The van der Waals surface area contributed by atoms with Gasteiger partial charge in [-0.3, -0.25) is 14.6 Å². The second-order valence-corrected chi connectivity index (χ2v) is 7.44. The fraction of sp³-hybridized carbons (Fsp3) is 0.650. The molecule has 142 valence electrons. The molecule has 1 unspecified atom stereocenters. The predicted molar refractivity (Wildman–Crippen MR) is 98.8 cm³/mol. The minimum absolute atomic E-state index is 0.0159. The zero-order chi connectivity index (χ0) is 18.7. The van der Waals surface area contributed by atoms with E-state index in [1.807, 2.05) is 36.6 Å². The Morgan fingerprint density at radius 1 is 1.31 bits per heavy atom. The molecule has 6 nitrogen and oxygen atoms in total. The summed E-state index contributed by atoms with van der Waals surface area (Å²) < 4.78 is 5.62. The van der Waals surface area contributed by atoms with Gasteiger partial charge in [-0.05, 0) is 45.2 Å². The molecule has 2 aliphatic rings. The largest absolute Gasteiger partial charge is 0.381 e. The highest BCUT2D eigenvalue weighted by Crippen LogP contribution is 2.45. The summed E-state index contributed by atoms with van der Waals surface area (Å²) in [5.74, 6) is 0.107. The number of pyridine rings is 1. The summed E-state index contributed by atoms with van der Waals surface area (Å²) in [5, 5.41) is 0. The van der Waals surface area contributed by atoms with Gasteiger partial charge in [-0.2, -0.15) is 0 Å². The molecule has 1 aromatic heterocycles. The molecule has 26 heavy (non-hydrogen) atoms. The minimum Gasteiger partial charge on any atom is -0.381 e. The van der Waals surface area contributed by atoms with Gasteiger partial charge in [0, 0.05) is 44.4 Å². The molecule has 3 rings (SSSR count). The van der Waals surface area contributed by atoms with E-state index in [0.717, 1.165) is 31.5 Å². The molecule has 1 aromatic rings. The van der Waals surface area contributed by atoms with E-state index < -0.39 is 0 Å². The molecular formula is C20H29N3O3. The molecule has 0 radical (unpaired) electrons. The predicted octanol–water partition coefficient (Wildman–Crippen LogP) is 2.13. The maximum atomic E-state index is 12.7. The number of carbonyl (C=O) groups excluding carboxylic acids is 2. The van der Waals surface area contributed by atoms with E-state index in [1.165, 1.54) is 0 Å². The molecule has 0 aromatic carbocycles. The van der Waals surface area contributed by atoms with Crippen molar-refractivity contribution in [2.45, 2.75) is 33.6 Å². The van der Waals surface area contributed by atoms with Gasteiger partial charge in [-0.1, -0.05) is 6.07 Å². The fourth-order valence-electron chi connectivity index (χ4n) is 4.22. The zero-order valence-corrected chi connectivity index (χ0v) is 16.0. The van der Waals surface area contributed by atoms with Crippen LogP contribution in [0, 0.1) is 18.3 Å². The van der Waals surface area contributed by atoms with E-state index in [0.29, 0.717) is 32.0 Å². The van der Waals surface area contributed by atoms with E-state index >= 15 is 0 Å². The molecular weight excluding hydrogens is 330 g/mol. The number of rotatable bonds is 5. The number of hydrogen-bond donors (Lipinski definition) is 0. The summed E-state index contributed by atoms with van der Waals surface area (Å²) in [7, 11) is 0. The number of aromatic nitrogens is 1. The Morgan fingerprint density at radius 2 is 2.04 bits per heavy atom. The first-order valence-corrected chi connectivity index (χ1v) is 9.59. The summed E-state index contributed by atoms with van der Waals surface area (Å²) in [6.45, 7) is 9.90. The standard InChI is InChI=1S/C20H29N3O3/c1-4-22-14-20(16(18(22)24)13-26-5-2)8-10-23(11-9-20)19(25)17-7-6-15(3)12-21-17/h6-7,12,16H,4-5,8-11,13-14H2,1-3H3. The number of carbonyl (C=O) groups is 2. The summed E-state index contributed by atoms with van der Waals surface area (Å²) >= 11 is 0. The number of piperidine rings is 1. The highest BCUT2D eigenvalue weighted by atomic mass is 16.5. The minimum atomic E-state index is -0.0860.